The summed E-state index contributed by atoms with van der Waals surface area (Å²) in [5.41, 5.74) is -0.964. The Kier molecular flexibility index (Phi) is 3.91. The van der Waals surface area contributed by atoms with Crippen LogP contribution in [-0.2, 0) is 10.0 Å². The molecule has 0 aliphatic heterocycles. The van der Waals surface area contributed by atoms with E-state index in [1.807, 2.05) is 0 Å². The van der Waals surface area contributed by atoms with Gasteiger partial charge in [-0.15, -0.1) is 0 Å². The molecule has 2 aromatic rings. The van der Waals surface area contributed by atoms with Gasteiger partial charge in [0.25, 0.3) is 11.1 Å². The van der Waals surface area contributed by atoms with Gasteiger partial charge in [-0.2, -0.15) is 0 Å². The highest BCUT2D eigenvalue weighted by molar-refractivity contribution is 7.92. The van der Waals surface area contributed by atoms with Crippen LogP contribution in [0.5, 0.6) is 0 Å². The van der Waals surface area contributed by atoms with Gasteiger partial charge in [-0.25, -0.2) is 8.42 Å². The summed E-state index contributed by atoms with van der Waals surface area (Å²) in [4.78, 5) is 23.4. The summed E-state index contributed by atoms with van der Waals surface area (Å²) in [6, 6.07) is 4.40. The van der Waals surface area contributed by atoms with E-state index in [4.69, 9.17) is 0 Å². The molecule has 0 atom stereocenters. The molecule has 9 heteroatoms. The predicted octanol–water partition coefficient (Wildman–Crippen LogP) is -0.823. The molecule has 0 bridgehead atoms. The van der Waals surface area contributed by atoms with Crippen molar-refractivity contribution in [3.05, 3.63) is 38.9 Å². The standard InChI is InChI=1S/C11H14N4O4S/c1-12-5-6-20(18,19)15-8-4-2-3-7-9(8)11(17)14-13-10(7)16/h2-4,12,15H,5-6H2,1H3,(H,13,16)(H,14,17). The highest BCUT2D eigenvalue weighted by Gasteiger charge is 2.14. The molecule has 0 amide bonds. The lowest BCUT2D eigenvalue weighted by Crippen LogP contribution is -2.26. The van der Waals surface area contributed by atoms with Crippen molar-refractivity contribution in [3.8, 4) is 0 Å². The average molecular weight is 298 g/mol. The van der Waals surface area contributed by atoms with Crippen LogP contribution in [0.1, 0.15) is 0 Å². The topological polar surface area (TPSA) is 124 Å². The maximum atomic E-state index is 11.8. The lowest BCUT2D eigenvalue weighted by atomic mass is 10.2. The summed E-state index contributed by atoms with van der Waals surface area (Å²) in [6.07, 6.45) is 0. The van der Waals surface area contributed by atoms with E-state index in [1.165, 1.54) is 18.2 Å². The minimum atomic E-state index is -3.60. The van der Waals surface area contributed by atoms with E-state index in [9.17, 15) is 18.0 Å². The van der Waals surface area contributed by atoms with Gasteiger partial charge in [0.1, 0.15) is 0 Å². The van der Waals surface area contributed by atoms with Gasteiger partial charge in [0, 0.05) is 6.54 Å². The fraction of sp³-hybridized carbons (Fsp3) is 0.273. The van der Waals surface area contributed by atoms with Crippen LogP contribution >= 0.6 is 0 Å². The van der Waals surface area contributed by atoms with Gasteiger partial charge in [0.2, 0.25) is 10.0 Å². The third-order valence-corrected chi connectivity index (χ3v) is 3.98. The molecule has 108 valence electrons. The van der Waals surface area contributed by atoms with E-state index in [1.54, 1.807) is 7.05 Å². The van der Waals surface area contributed by atoms with Crippen molar-refractivity contribution in [1.82, 2.24) is 15.5 Å². The van der Waals surface area contributed by atoms with Gasteiger partial charge in [0.15, 0.2) is 0 Å². The second-order valence-corrected chi connectivity index (χ2v) is 6.00. The van der Waals surface area contributed by atoms with Crippen LogP contribution in [0.3, 0.4) is 0 Å². The molecular formula is C11H14N4O4S. The number of H-pyrrole nitrogens is 2. The van der Waals surface area contributed by atoms with E-state index in [0.717, 1.165) is 0 Å². The van der Waals surface area contributed by atoms with Gasteiger partial charge in [-0.3, -0.25) is 24.5 Å². The molecule has 8 nitrogen and oxygen atoms in total. The maximum Gasteiger partial charge on any atom is 0.272 e. The average Bonchev–Trinajstić information content (AvgIpc) is 2.40. The third-order valence-electron chi connectivity index (χ3n) is 2.71. The Hall–Kier alpha value is -2.13. The normalized spacial score (nSPS) is 11.7. The number of fused-ring (bicyclic) bond motifs is 1. The molecule has 1 heterocycles. The van der Waals surface area contributed by atoms with Crippen LogP contribution in [0, 0.1) is 0 Å². The smallest absolute Gasteiger partial charge is 0.272 e. The molecule has 0 aliphatic rings. The number of anilines is 1. The first kappa shape index (κ1) is 14.3. The number of sulfonamides is 1. The molecule has 20 heavy (non-hydrogen) atoms. The summed E-state index contributed by atoms with van der Waals surface area (Å²) in [7, 11) is -1.96. The molecule has 1 aromatic heterocycles. The van der Waals surface area contributed by atoms with Gasteiger partial charge in [-0.05, 0) is 19.2 Å². The van der Waals surface area contributed by atoms with Crippen molar-refractivity contribution >= 4 is 26.5 Å². The highest BCUT2D eigenvalue weighted by Crippen LogP contribution is 2.17. The summed E-state index contributed by atoms with van der Waals surface area (Å²) in [5.74, 6) is -0.138. The number of benzene rings is 1. The second kappa shape index (κ2) is 5.47. The summed E-state index contributed by atoms with van der Waals surface area (Å²) in [6.45, 7) is 0.275. The second-order valence-electron chi connectivity index (χ2n) is 4.16. The molecule has 0 saturated carbocycles. The van der Waals surface area contributed by atoms with Gasteiger partial charge < -0.3 is 5.32 Å². The van der Waals surface area contributed by atoms with Crippen molar-refractivity contribution in [1.29, 1.82) is 0 Å². The van der Waals surface area contributed by atoms with E-state index in [0.29, 0.717) is 0 Å². The van der Waals surface area contributed by atoms with Crippen molar-refractivity contribution in [2.45, 2.75) is 0 Å². The fourth-order valence-corrected chi connectivity index (χ4v) is 2.85. The van der Waals surface area contributed by atoms with E-state index >= 15 is 0 Å². The van der Waals surface area contributed by atoms with Crippen molar-refractivity contribution in [2.75, 3.05) is 24.1 Å². The Bertz CT molecular complexity index is 837. The largest absolute Gasteiger partial charge is 0.319 e. The molecule has 0 aliphatic carbocycles. The van der Waals surface area contributed by atoms with Crippen LogP contribution in [0.15, 0.2) is 27.8 Å². The van der Waals surface area contributed by atoms with Crippen LogP contribution in [0.25, 0.3) is 10.8 Å². The van der Waals surface area contributed by atoms with E-state index < -0.39 is 21.1 Å². The molecule has 4 N–H and O–H groups in total. The van der Waals surface area contributed by atoms with Crippen molar-refractivity contribution < 1.29 is 8.42 Å². The molecule has 0 radical (unpaired) electrons. The Labute approximate surface area is 114 Å². The summed E-state index contributed by atoms with van der Waals surface area (Å²) in [5, 5.41) is 7.23. The number of aromatic nitrogens is 2. The first-order chi connectivity index (χ1) is 9.44. The number of hydrogen-bond donors (Lipinski definition) is 4. The Morgan fingerprint density at radius 2 is 1.85 bits per heavy atom. The Morgan fingerprint density at radius 3 is 2.55 bits per heavy atom. The van der Waals surface area contributed by atoms with Gasteiger partial charge in [-0.1, -0.05) is 6.07 Å². The van der Waals surface area contributed by atoms with E-state index in [-0.39, 0.29) is 28.8 Å². The number of rotatable bonds is 5. The summed E-state index contributed by atoms with van der Waals surface area (Å²) < 4.78 is 26.0. The SMILES string of the molecule is CNCCS(=O)(=O)Nc1cccc2c(=O)[nH][nH]c(=O)c12. The highest BCUT2D eigenvalue weighted by atomic mass is 32.2. The van der Waals surface area contributed by atoms with Crippen molar-refractivity contribution in [2.24, 2.45) is 0 Å². The fourth-order valence-electron chi connectivity index (χ4n) is 1.77. The maximum absolute atomic E-state index is 11.8. The number of aromatic amines is 2. The molecule has 1 aromatic carbocycles. The zero-order valence-corrected chi connectivity index (χ0v) is 11.5. The van der Waals surface area contributed by atoms with Crippen LogP contribution in [-0.4, -0.2) is 38.0 Å². The third kappa shape index (κ3) is 2.89. The summed E-state index contributed by atoms with van der Waals surface area (Å²) >= 11 is 0. The molecule has 0 spiro atoms. The molecule has 0 fully saturated rings. The lowest BCUT2D eigenvalue weighted by molar-refractivity contribution is 0.599. The first-order valence-electron chi connectivity index (χ1n) is 5.83. The Morgan fingerprint density at radius 1 is 1.15 bits per heavy atom. The molecular weight excluding hydrogens is 284 g/mol. The molecule has 2 rings (SSSR count). The number of hydrogen-bond acceptors (Lipinski definition) is 5. The van der Waals surface area contributed by atoms with Crippen molar-refractivity contribution in [3.63, 3.8) is 0 Å². The quantitative estimate of drug-likeness (QED) is 0.574. The lowest BCUT2D eigenvalue weighted by Gasteiger charge is -2.09. The van der Waals surface area contributed by atoms with Gasteiger partial charge in [0.05, 0.1) is 22.2 Å². The van der Waals surface area contributed by atoms with Crippen LogP contribution < -0.4 is 21.2 Å². The van der Waals surface area contributed by atoms with Gasteiger partial charge >= 0.3 is 0 Å². The number of nitrogens with one attached hydrogen (secondary N) is 4. The predicted molar refractivity (Wildman–Crippen MR) is 76.5 cm³/mol. The van der Waals surface area contributed by atoms with Crippen LogP contribution in [0.2, 0.25) is 0 Å². The first-order valence-corrected chi connectivity index (χ1v) is 7.48. The van der Waals surface area contributed by atoms with Crippen LogP contribution in [0.4, 0.5) is 5.69 Å². The monoisotopic (exact) mass is 298 g/mol. The molecule has 0 saturated heterocycles. The zero-order valence-electron chi connectivity index (χ0n) is 10.7. The zero-order chi connectivity index (χ0) is 14.8. The molecule has 0 unspecified atom stereocenters. The minimum Gasteiger partial charge on any atom is -0.319 e. The Balaban J connectivity index is 2.54. The van der Waals surface area contributed by atoms with E-state index in [2.05, 4.69) is 20.2 Å². The minimum absolute atomic E-state index is 0.0179.